The smallest absolute Gasteiger partial charge is 0.195 e. The molecule has 0 amide bonds. The summed E-state index contributed by atoms with van der Waals surface area (Å²) in [6, 6.07) is 14.7. The van der Waals surface area contributed by atoms with Gasteiger partial charge in [-0.25, -0.2) is 4.39 Å². The molecule has 0 heterocycles. The molecule has 0 fully saturated rings. The van der Waals surface area contributed by atoms with E-state index in [1.54, 1.807) is 36.4 Å². The lowest BCUT2D eigenvalue weighted by Crippen LogP contribution is -2.03. The van der Waals surface area contributed by atoms with Crippen LogP contribution < -0.4 is 0 Å². The fraction of sp³-hybridized carbons (Fsp3) is 0. The van der Waals surface area contributed by atoms with Crippen molar-refractivity contribution in [2.75, 3.05) is 0 Å². The quantitative estimate of drug-likeness (QED) is 0.679. The predicted molar refractivity (Wildman–Crippen MR) is 56.3 cm³/mol. The van der Waals surface area contributed by atoms with Crippen LogP contribution >= 0.6 is 0 Å². The minimum Gasteiger partial charge on any atom is -0.288 e. The first kappa shape index (κ1) is 9.59. The van der Waals surface area contributed by atoms with Crippen LogP contribution in [0.2, 0.25) is 0 Å². The van der Waals surface area contributed by atoms with Gasteiger partial charge < -0.3 is 0 Å². The Kier molecular flexibility index (Phi) is 2.59. The molecule has 0 unspecified atom stereocenters. The van der Waals surface area contributed by atoms with Crippen LogP contribution in [-0.4, -0.2) is 5.78 Å². The lowest BCUT2D eigenvalue weighted by atomic mass is 10.0. The van der Waals surface area contributed by atoms with Crippen molar-refractivity contribution < 1.29 is 9.18 Å². The van der Waals surface area contributed by atoms with E-state index in [9.17, 15) is 9.18 Å². The van der Waals surface area contributed by atoms with Gasteiger partial charge in [-0.15, -0.1) is 0 Å². The van der Waals surface area contributed by atoms with E-state index in [1.165, 1.54) is 12.1 Å². The molecule has 0 aliphatic carbocycles. The van der Waals surface area contributed by atoms with E-state index < -0.39 is 5.82 Å². The maximum atomic E-state index is 13.3. The molecular formula is C13H9FO. The van der Waals surface area contributed by atoms with Crippen molar-refractivity contribution in [2.24, 2.45) is 0 Å². The van der Waals surface area contributed by atoms with Crippen molar-refractivity contribution in [3.8, 4) is 0 Å². The molecule has 0 spiro atoms. The monoisotopic (exact) mass is 199 g/mol. The van der Waals surface area contributed by atoms with Gasteiger partial charge in [0.05, 0.1) is 5.56 Å². The average molecular weight is 199 g/mol. The van der Waals surface area contributed by atoms with Gasteiger partial charge in [0.2, 0.25) is 0 Å². The molecule has 2 rings (SSSR count). The van der Waals surface area contributed by atoms with Crippen LogP contribution in [0.5, 0.6) is 0 Å². The highest BCUT2D eigenvalue weighted by molar-refractivity contribution is 6.09. The van der Waals surface area contributed by atoms with E-state index in [0.29, 0.717) is 5.56 Å². The first-order valence-electron chi connectivity index (χ1n) is 4.63. The maximum absolute atomic E-state index is 13.3. The minimum atomic E-state index is -0.480. The molecule has 0 atom stereocenters. The standard InChI is InChI=1S/C13H9FO/c14-12-9-5-4-8-11(12)13(15)10-6-2-1-3-7-10/h1-9H/i14-1. The van der Waals surface area contributed by atoms with E-state index >= 15 is 0 Å². The Labute approximate surface area is 87.2 Å². The van der Waals surface area contributed by atoms with Crippen molar-refractivity contribution in [3.63, 3.8) is 0 Å². The third-order valence-corrected chi connectivity index (χ3v) is 2.15. The van der Waals surface area contributed by atoms with Gasteiger partial charge in [0, 0.05) is 5.56 Å². The molecule has 0 radical (unpaired) electrons. The molecule has 0 N–H and O–H groups in total. The summed E-state index contributed by atoms with van der Waals surface area (Å²) in [5.41, 5.74) is 0.617. The third-order valence-electron chi connectivity index (χ3n) is 2.15. The zero-order valence-electron chi connectivity index (χ0n) is 7.98. The van der Waals surface area contributed by atoms with Gasteiger partial charge in [-0.05, 0) is 12.1 Å². The first-order chi connectivity index (χ1) is 7.29. The van der Waals surface area contributed by atoms with Gasteiger partial charge in [0.1, 0.15) is 5.82 Å². The van der Waals surface area contributed by atoms with Crippen molar-refractivity contribution in [1.82, 2.24) is 0 Å². The lowest BCUT2D eigenvalue weighted by molar-refractivity contribution is 0.103. The number of benzene rings is 2. The molecule has 0 aromatic heterocycles. The van der Waals surface area contributed by atoms with Gasteiger partial charge >= 0.3 is 0 Å². The van der Waals surface area contributed by atoms with E-state index in [-0.39, 0.29) is 11.3 Å². The lowest BCUT2D eigenvalue weighted by Gasteiger charge is -2.01. The number of carbonyl (C=O) groups is 1. The summed E-state index contributed by atoms with van der Waals surface area (Å²) in [5.74, 6) is -0.764. The fourth-order valence-corrected chi connectivity index (χ4v) is 1.39. The molecule has 0 bridgehead atoms. The summed E-state index contributed by atoms with van der Waals surface area (Å²) in [6.45, 7) is 0. The van der Waals surface area contributed by atoms with Crippen LogP contribution in [0.15, 0.2) is 54.6 Å². The number of halogens is 1. The Hall–Kier alpha value is -1.96. The van der Waals surface area contributed by atoms with Crippen molar-refractivity contribution in [2.45, 2.75) is 0 Å². The fourth-order valence-electron chi connectivity index (χ4n) is 1.39. The number of hydrogen-bond donors (Lipinski definition) is 0. The summed E-state index contributed by atoms with van der Waals surface area (Å²) < 4.78 is 13.3. The summed E-state index contributed by atoms with van der Waals surface area (Å²) >= 11 is 0. The molecule has 2 aromatic carbocycles. The summed E-state index contributed by atoms with van der Waals surface area (Å²) in [6.07, 6.45) is 0. The molecule has 74 valence electrons. The molecule has 2 heteroatoms. The van der Waals surface area contributed by atoms with Crippen molar-refractivity contribution in [1.29, 1.82) is 0 Å². The zero-order chi connectivity index (χ0) is 10.7. The molecule has 0 saturated heterocycles. The Morgan fingerprint density at radius 1 is 0.867 bits per heavy atom. The second-order valence-corrected chi connectivity index (χ2v) is 3.17. The normalized spacial score (nSPS) is 9.93. The van der Waals surface area contributed by atoms with Crippen LogP contribution in [0.1, 0.15) is 15.9 Å². The van der Waals surface area contributed by atoms with E-state index in [0.717, 1.165) is 0 Å². The SMILES string of the molecule is O=C(c1ccccc1)c1ccccc1[18F]. The van der Waals surface area contributed by atoms with Gasteiger partial charge in [-0.3, -0.25) is 4.79 Å². The van der Waals surface area contributed by atoms with Crippen LogP contribution in [0.25, 0.3) is 0 Å². The number of ketones is 1. The van der Waals surface area contributed by atoms with E-state index in [1.807, 2.05) is 6.07 Å². The predicted octanol–water partition coefficient (Wildman–Crippen LogP) is 3.06. The second kappa shape index (κ2) is 4.05. The first-order valence-corrected chi connectivity index (χ1v) is 4.63. The van der Waals surface area contributed by atoms with Crippen LogP contribution in [0.3, 0.4) is 0 Å². The molecule has 0 aliphatic heterocycles. The molecule has 0 saturated carbocycles. The van der Waals surface area contributed by atoms with Gasteiger partial charge in [0.15, 0.2) is 5.78 Å². The van der Waals surface area contributed by atoms with Crippen LogP contribution in [0.4, 0.5) is 4.39 Å². The Morgan fingerprint density at radius 2 is 1.47 bits per heavy atom. The van der Waals surface area contributed by atoms with Crippen molar-refractivity contribution in [3.05, 3.63) is 71.5 Å². The largest absolute Gasteiger partial charge is 0.288 e. The third kappa shape index (κ3) is 1.94. The molecule has 0 aliphatic rings. The Balaban J connectivity index is 2.42. The molecule has 15 heavy (non-hydrogen) atoms. The highest BCUT2D eigenvalue weighted by atomic mass is 18.2. The summed E-state index contributed by atoms with van der Waals surface area (Å²) in [5, 5.41) is 0. The van der Waals surface area contributed by atoms with E-state index in [2.05, 4.69) is 0 Å². The second-order valence-electron chi connectivity index (χ2n) is 3.17. The van der Waals surface area contributed by atoms with Gasteiger partial charge in [-0.2, -0.15) is 0 Å². The van der Waals surface area contributed by atoms with Gasteiger partial charge in [-0.1, -0.05) is 42.5 Å². The molecule has 1 nitrogen and oxygen atoms in total. The number of carbonyl (C=O) groups excluding carboxylic acids is 1. The number of hydrogen-bond acceptors (Lipinski definition) is 1. The summed E-state index contributed by atoms with van der Waals surface area (Å²) in [7, 11) is 0. The van der Waals surface area contributed by atoms with Crippen molar-refractivity contribution >= 4 is 5.78 Å². The van der Waals surface area contributed by atoms with Crippen LogP contribution in [0, 0.1) is 5.82 Å². The maximum Gasteiger partial charge on any atom is 0.195 e. The highest BCUT2D eigenvalue weighted by Crippen LogP contribution is 2.12. The summed E-state index contributed by atoms with van der Waals surface area (Å²) in [4.78, 5) is 11.8. The molecule has 2 aromatic rings. The average Bonchev–Trinajstić information content (AvgIpc) is 2.30. The molecular weight excluding hydrogens is 190 g/mol. The minimum absolute atomic E-state index is 0.115. The van der Waals surface area contributed by atoms with Gasteiger partial charge in [0.25, 0.3) is 0 Å². The topological polar surface area (TPSA) is 17.1 Å². The van der Waals surface area contributed by atoms with Crippen LogP contribution in [-0.2, 0) is 0 Å². The zero-order valence-corrected chi connectivity index (χ0v) is 7.98. The Bertz CT molecular complexity index is 477. The van der Waals surface area contributed by atoms with E-state index in [4.69, 9.17) is 0 Å². The highest BCUT2D eigenvalue weighted by Gasteiger charge is 2.11. The Morgan fingerprint density at radius 3 is 2.13 bits per heavy atom. The number of rotatable bonds is 2.